The lowest BCUT2D eigenvalue weighted by molar-refractivity contribution is -0.117. The van der Waals surface area contributed by atoms with Gasteiger partial charge in [-0.05, 0) is 43.0 Å². The largest absolute Gasteiger partial charge is 0.325 e. The Labute approximate surface area is 135 Å². The third-order valence-electron chi connectivity index (χ3n) is 3.47. The first-order valence-corrected chi connectivity index (χ1v) is 10.1. The van der Waals surface area contributed by atoms with E-state index >= 15 is 0 Å². The molecule has 1 aromatic rings. The van der Waals surface area contributed by atoms with Gasteiger partial charge < -0.3 is 11.1 Å². The van der Waals surface area contributed by atoms with E-state index in [0.717, 1.165) is 5.75 Å². The molecule has 8 heteroatoms. The zero-order valence-corrected chi connectivity index (χ0v) is 14.1. The maximum absolute atomic E-state index is 12.0. The molecule has 1 atom stereocenters. The lowest BCUT2D eigenvalue weighted by Crippen LogP contribution is -2.36. The first kappa shape index (κ1) is 17.1. The van der Waals surface area contributed by atoms with Crippen LogP contribution in [0.15, 0.2) is 24.3 Å². The van der Waals surface area contributed by atoms with Gasteiger partial charge in [0, 0.05) is 12.2 Å². The maximum atomic E-state index is 12.0. The molecule has 0 aromatic heterocycles. The maximum Gasteiger partial charge on any atom is 0.241 e. The fraction of sp³-hybridized carbons (Fsp3) is 0.500. The second-order valence-corrected chi connectivity index (χ2v) is 8.17. The molecule has 2 rings (SSSR count). The minimum atomic E-state index is -3.22. The highest BCUT2D eigenvalue weighted by atomic mass is 32.2. The zero-order chi connectivity index (χ0) is 16.2. The van der Waals surface area contributed by atoms with E-state index < -0.39 is 16.1 Å². The molecular formula is C14H21N3O3S2. The summed E-state index contributed by atoms with van der Waals surface area (Å²) in [5.41, 5.74) is 6.96. The summed E-state index contributed by atoms with van der Waals surface area (Å²) in [6, 6.07) is 6.29. The predicted octanol–water partition coefficient (Wildman–Crippen LogP) is 1.25. The number of nitrogens with zero attached hydrogens (tertiary/aromatic N) is 1. The molecule has 0 saturated carbocycles. The highest BCUT2D eigenvalue weighted by molar-refractivity contribution is 7.98. The highest BCUT2D eigenvalue weighted by Crippen LogP contribution is 2.26. The molecule has 0 aliphatic carbocycles. The molecular weight excluding hydrogens is 322 g/mol. The Morgan fingerprint density at radius 3 is 2.91 bits per heavy atom. The van der Waals surface area contributed by atoms with Crippen LogP contribution in [0.3, 0.4) is 0 Å². The van der Waals surface area contributed by atoms with Crippen molar-refractivity contribution in [2.24, 2.45) is 5.73 Å². The highest BCUT2D eigenvalue weighted by Gasteiger charge is 2.28. The number of thioether (sulfide) groups is 1. The molecule has 0 spiro atoms. The molecule has 6 nitrogen and oxygen atoms in total. The number of benzene rings is 1. The van der Waals surface area contributed by atoms with Gasteiger partial charge in [-0.1, -0.05) is 6.07 Å². The second-order valence-electron chi connectivity index (χ2n) is 5.17. The van der Waals surface area contributed by atoms with Crippen LogP contribution in [0.2, 0.25) is 0 Å². The fourth-order valence-corrected chi connectivity index (χ4v) is 4.33. The second kappa shape index (κ2) is 7.34. The van der Waals surface area contributed by atoms with Gasteiger partial charge in [-0.2, -0.15) is 11.8 Å². The van der Waals surface area contributed by atoms with Crippen molar-refractivity contribution in [3.8, 4) is 0 Å². The average Bonchev–Trinajstić information content (AvgIpc) is 2.84. The number of rotatable bonds is 6. The van der Waals surface area contributed by atoms with Gasteiger partial charge >= 0.3 is 0 Å². The quantitative estimate of drug-likeness (QED) is 0.811. The van der Waals surface area contributed by atoms with Crippen molar-refractivity contribution in [3.63, 3.8) is 0 Å². The van der Waals surface area contributed by atoms with Gasteiger partial charge in [0.25, 0.3) is 0 Å². The van der Waals surface area contributed by atoms with Crippen molar-refractivity contribution < 1.29 is 13.2 Å². The lowest BCUT2D eigenvalue weighted by atomic mass is 10.2. The van der Waals surface area contributed by atoms with Gasteiger partial charge in [0.15, 0.2) is 0 Å². The Balaban J connectivity index is 2.07. The van der Waals surface area contributed by atoms with Crippen molar-refractivity contribution in [3.05, 3.63) is 24.3 Å². The van der Waals surface area contributed by atoms with Crippen LogP contribution in [-0.2, 0) is 14.8 Å². The monoisotopic (exact) mass is 343 g/mol. The van der Waals surface area contributed by atoms with Crippen LogP contribution in [0.25, 0.3) is 0 Å². The number of sulfonamides is 1. The number of nitrogens with one attached hydrogen (secondary N) is 1. The summed E-state index contributed by atoms with van der Waals surface area (Å²) in [7, 11) is -3.22. The molecule has 1 fully saturated rings. The third-order valence-corrected chi connectivity index (χ3v) is 5.98. The summed E-state index contributed by atoms with van der Waals surface area (Å²) >= 11 is 1.64. The van der Waals surface area contributed by atoms with Crippen LogP contribution >= 0.6 is 11.8 Å². The summed E-state index contributed by atoms with van der Waals surface area (Å²) in [5, 5.41) is 2.75. The first-order valence-electron chi connectivity index (χ1n) is 7.10. The zero-order valence-electron chi connectivity index (χ0n) is 12.5. The van der Waals surface area contributed by atoms with Gasteiger partial charge in [0.05, 0.1) is 17.5 Å². The predicted molar refractivity (Wildman–Crippen MR) is 91.8 cm³/mol. The van der Waals surface area contributed by atoms with Crippen LogP contribution in [0.4, 0.5) is 11.4 Å². The van der Waals surface area contributed by atoms with Crippen molar-refractivity contribution in [1.29, 1.82) is 0 Å². The number of hydrogen-bond donors (Lipinski definition) is 2. The summed E-state index contributed by atoms with van der Waals surface area (Å²) in [6.45, 7) is 0.479. The SMILES string of the molecule is CSCC[C@H](N)C(=O)Nc1cccc(N2CCCS2(=O)=O)c1. The standard InChI is InChI=1S/C14H21N3O3S2/c1-21-8-6-13(15)14(18)16-11-4-2-5-12(10-11)17-7-3-9-22(17,19)20/h2,4-5,10,13H,3,6-9,15H2,1H3,(H,16,18)/t13-/m0/s1. The molecule has 0 bridgehead atoms. The number of carbonyl (C=O) groups excluding carboxylic acids is 1. The van der Waals surface area contributed by atoms with Crippen molar-refractivity contribution in [1.82, 2.24) is 0 Å². The summed E-state index contributed by atoms with van der Waals surface area (Å²) in [6.07, 6.45) is 3.19. The molecule has 3 N–H and O–H groups in total. The molecule has 1 heterocycles. The van der Waals surface area contributed by atoms with E-state index in [-0.39, 0.29) is 11.7 Å². The van der Waals surface area contributed by atoms with Crippen LogP contribution in [0, 0.1) is 0 Å². The van der Waals surface area contributed by atoms with Gasteiger partial charge in [0.1, 0.15) is 0 Å². The van der Waals surface area contributed by atoms with E-state index in [9.17, 15) is 13.2 Å². The van der Waals surface area contributed by atoms with Gasteiger partial charge in [0.2, 0.25) is 15.9 Å². The molecule has 1 aliphatic heterocycles. The lowest BCUT2D eigenvalue weighted by Gasteiger charge is -2.18. The minimum absolute atomic E-state index is 0.170. The van der Waals surface area contributed by atoms with Crippen molar-refractivity contribution in [2.75, 3.05) is 33.9 Å². The van der Waals surface area contributed by atoms with Crippen LogP contribution in [-0.4, -0.2) is 44.7 Å². The van der Waals surface area contributed by atoms with Crippen LogP contribution in [0.5, 0.6) is 0 Å². The van der Waals surface area contributed by atoms with Crippen LogP contribution < -0.4 is 15.4 Å². The molecule has 1 saturated heterocycles. The molecule has 122 valence electrons. The molecule has 1 aromatic carbocycles. The third kappa shape index (κ3) is 4.15. The van der Waals surface area contributed by atoms with E-state index in [4.69, 9.17) is 5.73 Å². The van der Waals surface area contributed by atoms with Gasteiger partial charge in [-0.15, -0.1) is 0 Å². The molecule has 22 heavy (non-hydrogen) atoms. The van der Waals surface area contributed by atoms with Crippen molar-refractivity contribution in [2.45, 2.75) is 18.9 Å². The summed E-state index contributed by atoms with van der Waals surface area (Å²) in [5.74, 6) is 0.736. The minimum Gasteiger partial charge on any atom is -0.325 e. The Hall–Kier alpha value is -1.25. The van der Waals surface area contributed by atoms with E-state index in [1.165, 1.54) is 4.31 Å². The fourth-order valence-electron chi connectivity index (χ4n) is 2.28. The van der Waals surface area contributed by atoms with Crippen LogP contribution in [0.1, 0.15) is 12.8 Å². The smallest absolute Gasteiger partial charge is 0.241 e. The molecule has 0 radical (unpaired) electrons. The number of hydrogen-bond acceptors (Lipinski definition) is 5. The average molecular weight is 343 g/mol. The van der Waals surface area contributed by atoms with Crippen molar-refractivity contribution >= 4 is 39.1 Å². The Morgan fingerprint density at radius 1 is 1.50 bits per heavy atom. The summed E-state index contributed by atoms with van der Waals surface area (Å²) in [4.78, 5) is 12.0. The number of anilines is 2. The topological polar surface area (TPSA) is 92.5 Å². The normalized spacial score (nSPS) is 18.2. The number of carbonyl (C=O) groups is 1. The number of amides is 1. The summed E-state index contributed by atoms with van der Waals surface area (Å²) < 4.78 is 25.3. The molecule has 1 amide bonds. The number of nitrogens with two attached hydrogens (primary N) is 1. The Bertz CT molecular complexity index is 634. The Morgan fingerprint density at radius 2 is 2.27 bits per heavy atom. The van der Waals surface area contributed by atoms with E-state index in [1.54, 1.807) is 36.0 Å². The molecule has 0 unspecified atom stereocenters. The van der Waals surface area contributed by atoms with Gasteiger partial charge in [-0.3, -0.25) is 9.10 Å². The first-order chi connectivity index (χ1) is 10.4. The Kier molecular flexibility index (Phi) is 5.71. The molecule has 1 aliphatic rings. The van der Waals surface area contributed by atoms with E-state index in [1.807, 2.05) is 6.26 Å². The van der Waals surface area contributed by atoms with Gasteiger partial charge in [-0.25, -0.2) is 8.42 Å². The van der Waals surface area contributed by atoms with E-state index in [0.29, 0.717) is 30.8 Å². The van der Waals surface area contributed by atoms with E-state index in [2.05, 4.69) is 5.32 Å².